The molecule has 0 fully saturated rings. The highest BCUT2D eigenvalue weighted by atomic mass is 14.9. The molecule has 9 rings (SSSR count). The van der Waals surface area contributed by atoms with Crippen LogP contribution in [0.25, 0.3) is 78.4 Å². The monoisotopic (exact) mass is 652 g/mol. The maximum absolute atomic E-state index is 5.06. The van der Waals surface area contributed by atoms with Crippen LogP contribution in [0.2, 0.25) is 0 Å². The van der Waals surface area contributed by atoms with E-state index in [2.05, 4.69) is 172 Å². The Morgan fingerprint density at radius 1 is 0.333 bits per heavy atom. The van der Waals surface area contributed by atoms with Gasteiger partial charge in [-0.1, -0.05) is 190 Å². The van der Waals surface area contributed by atoms with E-state index in [1.54, 1.807) is 0 Å². The van der Waals surface area contributed by atoms with Gasteiger partial charge in [0.1, 0.15) is 0 Å². The SMILES string of the molecule is CC1(C)c2ccccc2-c2c(-c3ccc(-c4ccc(-c5cc(-c6ccc(-c7ccccc7)cc6)nc(-c6ccccc6)n5)cc4)cc3)cccc21. The van der Waals surface area contributed by atoms with E-state index in [1.807, 2.05) is 24.3 Å². The lowest BCUT2D eigenvalue weighted by molar-refractivity contribution is 0.660. The molecule has 0 N–H and O–H groups in total. The lowest BCUT2D eigenvalue weighted by Crippen LogP contribution is -2.14. The van der Waals surface area contributed by atoms with Crippen molar-refractivity contribution in [1.29, 1.82) is 0 Å². The third kappa shape index (κ3) is 5.56. The van der Waals surface area contributed by atoms with Crippen molar-refractivity contribution < 1.29 is 0 Å². The normalized spacial score (nSPS) is 12.7. The lowest BCUT2D eigenvalue weighted by atomic mass is 9.82. The van der Waals surface area contributed by atoms with E-state index in [9.17, 15) is 0 Å². The van der Waals surface area contributed by atoms with Gasteiger partial charge < -0.3 is 0 Å². The van der Waals surface area contributed by atoms with E-state index < -0.39 is 0 Å². The molecule has 1 heterocycles. The summed E-state index contributed by atoms with van der Waals surface area (Å²) in [5, 5.41) is 0. The fourth-order valence-corrected chi connectivity index (χ4v) is 7.59. The topological polar surface area (TPSA) is 25.8 Å². The zero-order valence-corrected chi connectivity index (χ0v) is 28.7. The second kappa shape index (κ2) is 12.5. The molecule has 51 heavy (non-hydrogen) atoms. The van der Waals surface area contributed by atoms with Crippen molar-refractivity contribution in [1.82, 2.24) is 9.97 Å². The maximum atomic E-state index is 5.06. The van der Waals surface area contributed by atoms with Crippen LogP contribution in [0.3, 0.4) is 0 Å². The van der Waals surface area contributed by atoms with Crippen LogP contribution in [0.5, 0.6) is 0 Å². The van der Waals surface area contributed by atoms with Crippen LogP contribution in [0, 0.1) is 0 Å². The summed E-state index contributed by atoms with van der Waals surface area (Å²) in [6.07, 6.45) is 0. The standard InChI is InChI=1S/C49H36N2/c1-49(2)43-18-10-9-16-42(43)47-41(17-11-19-44(47)49)37-26-20-35(21-27-37)36-24-30-39(31-25-36)46-32-45(50-48(51-46)40-14-7-4-8-15-40)38-28-22-34(23-29-38)33-12-5-3-6-13-33/h3-32H,1-2H3. The van der Waals surface area contributed by atoms with Gasteiger partial charge in [-0.15, -0.1) is 0 Å². The fourth-order valence-electron chi connectivity index (χ4n) is 7.59. The van der Waals surface area contributed by atoms with Crippen LogP contribution in [-0.4, -0.2) is 9.97 Å². The molecule has 242 valence electrons. The zero-order chi connectivity index (χ0) is 34.4. The van der Waals surface area contributed by atoms with Gasteiger partial charge in [0, 0.05) is 22.1 Å². The van der Waals surface area contributed by atoms with Crippen molar-refractivity contribution in [2.45, 2.75) is 19.3 Å². The first-order chi connectivity index (χ1) is 25.0. The highest BCUT2D eigenvalue weighted by Crippen LogP contribution is 2.52. The van der Waals surface area contributed by atoms with Crippen molar-refractivity contribution in [2.24, 2.45) is 0 Å². The molecule has 7 aromatic carbocycles. The Morgan fingerprint density at radius 3 is 1.31 bits per heavy atom. The van der Waals surface area contributed by atoms with Crippen molar-refractivity contribution >= 4 is 0 Å². The van der Waals surface area contributed by atoms with Gasteiger partial charge in [0.25, 0.3) is 0 Å². The molecule has 1 aromatic heterocycles. The van der Waals surface area contributed by atoms with Crippen molar-refractivity contribution in [3.63, 3.8) is 0 Å². The summed E-state index contributed by atoms with van der Waals surface area (Å²) in [4.78, 5) is 10.1. The first-order valence-electron chi connectivity index (χ1n) is 17.6. The van der Waals surface area contributed by atoms with Gasteiger partial charge in [0.05, 0.1) is 11.4 Å². The second-order valence-electron chi connectivity index (χ2n) is 13.8. The first-order valence-corrected chi connectivity index (χ1v) is 17.6. The molecule has 0 saturated carbocycles. The molecule has 0 bridgehead atoms. The Kier molecular flexibility index (Phi) is 7.51. The molecule has 0 unspecified atom stereocenters. The second-order valence-corrected chi connectivity index (χ2v) is 13.8. The summed E-state index contributed by atoms with van der Waals surface area (Å²) in [6.45, 7) is 4.67. The summed E-state index contributed by atoms with van der Waals surface area (Å²) in [5.41, 5.74) is 17.7. The van der Waals surface area contributed by atoms with Crippen LogP contribution in [0.4, 0.5) is 0 Å². The smallest absolute Gasteiger partial charge is 0.160 e. The quantitative estimate of drug-likeness (QED) is 0.179. The highest BCUT2D eigenvalue weighted by molar-refractivity contribution is 5.92. The Hall–Kier alpha value is -6.38. The molecule has 0 radical (unpaired) electrons. The van der Waals surface area contributed by atoms with Crippen LogP contribution in [0.15, 0.2) is 182 Å². The summed E-state index contributed by atoms with van der Waals surface area (Å²) in [5.74, 6) is 0.716. The molecule has 2 heteroatoms. The molecule has 8 aromatic rings. The highest BCUT2D eigenvalue weighted by Gasteiger charge is 2.36. The Bertz CT molecular complexity index is 2500. The predicted molar refractivity (Wildman–Crippen MR) is 212 cm³/mol. The Morgan fingerprint density at radius 2 is 0.745 bits per heavy atom. The van der Waals surface area contributed by atoms with Gasteiger partial charge in [-0.25, -0.2) is 9.97 Å². The minimum atomic E-state index is -0.0110. The summed E-state index contributed by atoms with van der Waals surface area (Å²) in [6, 6.07) is 64.8. The van der Waals surface area contributed by atoms with Gasteiger partial charge in [-0.3, -0.25) is 0 Å². The average Bonchev–Trinajstić information content (AvgIpc) is 3.45. The third-order valence-electron chi connectivity index (χ3n) is 10.4. The van der Waals surface area contributed by atoms with Crippen LogP contribution >= 0.6 is 0 Å². The van der Waals surface area contributed by atoms with Crippen LogP contribution < -0.4 is 0 Å². The first kappa shape index (κ1) is 30.7. The molecule has 1 aliphatic carbocycles. The fraction of sp³-hybridized carbons (Fsp3) is 0.0612. The molecule has 2 nitrogen and oxygen atoms in total. The molecule has 0 aliphatic heterocycles. The molecule has 0 spiro atoms. The van der Waals surface area contributed by atoms with Crippen molar-refractivity contribution in [2.75, 3.05) is 0 Å². The molecule has 1 aliphatic rings. The summed E-state index contributed by atoms with van der Waals surface area (Å²) < 4.78 is 0. The van der Waals surface area contributed by atoms with E-state index in [1.165, 1.54) is 55.6 Å². The molecular formula is C49H36N2. The largest absolute Gasteiger partial charge is 0.228 e. The average molecular weight is 653 g/mol. The Labute approximate surface area is 299 Å². The number of benzene rings is 7. The number of hydrogen-bond acceptors (Lipinski definition) is 2. The third-order valence-corrected chi connectivity index (χ3v) is 10.4. The number of rotatable bonds is 6. The van der Waals surface area contributed by atoms with E-state index in [4.69, 9.17) is 9.97 Å². The van der Waals surface area contributed by atoms with Crippen LogP contribution in [0.1, 0.15) is 25.0 Å². The molecular weight excluding hydrogens is 617 g/mol. The molecule has 0 amide bonds. The van der Waals surface area contributed by atoms with Gasteiger partial charge in [-0.2, -0.15) is 0 Å². The van der Waals surface area contributed by atoms with Gasteiger partial charge in [0.2, 0.25) is 0 Å². The van der Waals surface area contributed by atoms with Gasteiger partial charge >= 0.3 is 0 Å². The van der Waals surface area contributed by atoms with Gasteiger partial charge in [-0.05, 0) is 61.7 Å². The maximum Gasteiger partial charge on any atom is 0.160 e. The predicted octanol–water partition coefficient (Wildman–Crippen LogP) is 12.8. The minimum absolute atomic E-state index is 0.0110. The number of nitrogens with zero attached hydrogens (tertiary/aromatic N) is 2. The minimum Gasteiger partial charge on any atom is -0.228 e. The zero-order valence-electron chi connectivity index (χ0n) is 28.7. The lowest BCUT2D eigenvalue weighted by Gasteiger charge is -2.21. The molecule has 0 saturated heterocycles. The summed E-state index contributed by atoms with van der Waals surface area (Å²) in [7, 11) is 0. The Balaban J connectivity index is 1.03. The van der Waals surface area contributed by atoms with E-state index in [0.29, 0.717) is 5.82 Å². The van der Waals surface area contributed by atoms with Gasteiger partial charge in [0.15, 0.2) is 5.82 Å². The van der Waals surface area contributed by atoms with E-state index in [-0.39, 0.29) is 5.41 Å². The molecule has 0 atom stereocenters. The van der Waals surface area contributed by atoms with Crippen LogP contribution in [-0.2, 0) is 5.41 Å². The number of hydrogen-bond donors (Lipinski definition) is 0. The summed E-state index contributed by atoms with van der Waals surface area (Å²) >= 11 is 0. The van der Waals surface area contributed by atoms with E-state index in [0.717, 1.165) is 28.1 Å². The number of fused-ring (bicyclic) bond motifs is 3. The van der Waals surface area contributed by atoms with Crippen molar-refractivity contribution in [3.05, 3.63) is 193 Å². The number of aromatic nitrogens is 2. The van der Waals surface area contributed by atoms with E-state index >= 15 is 0 Å². The van der Waals surface area contributed by atoms with Crippen molar-refractivity contribution in [3.8, 4) is 78.4 Å².